The highest BCUT2D eigenvalue weighted by atomic mass is 32.2. The molecule has 6 nitrogen and oxygen atoms in total. The van der Waals surface area contributed by atoms with Crippen molar-refractivity contribution < 1.29 is 17.6 Å². The fourth-order valence-electron chi connectivity index (χ4n) is 2.65. The molecule has 1 heterocycles. The summed E-state index contributed by atoms with van der Waals surface area (Å²) in [5.74, 6) is -0.297. The molecule has 1 saturated carbocycles. The lowest BCUT2D eigenvalue weighted by Gasteiger charge is -2.23. The van der Waals surface area contributed by atoms with Crippen LogP contribution < -0.4 is 10.5 Å². The molecule has 2 rings (SSSR count). The predicted molar refractivity (Wildman–Crippen MR) is 73.7 cm³/mol. The van der Waals surface area contributed by atoms with Crippen LogP contribution in [0.15, 0.2) is 15.4 Å². The quantitative estimate of drug-likeness (QED) is 0.880. The summed E-state index contributed by atoms with van der Waals surface area (Å²) in [6.45, 7) is 4.18. The lowest BCUT2D eigenvalue weighted by atomic mass is 9.89. The van der Waals surface area contributed by atoms with E-state index in [1.807, 2.05) is 0 Å². The zero-order valence-electron chi connectivity index (χ0n) is 11.7. The van der Waals surface area contributed by atoms with E-state index < -0.39 is 15.9 Å². The standard InChI is InChI=1S/C13H20N2O4S/c1-9-11(20(14,17)18)7-10(19-9)12(16)15-8-13(2)5-3-4-6-13/h7H,3-6,8H2,1-2H3,(H,15,16)(H2,14,17,18). The number of hydrogen-bond donors (Lipinski definition) is 2. The Labute approximate surface area is 118 Å². The zero-order chi connectivity index (χ0) is 15.0. The number of primary sulfonamides is 1. The van der Waals surface area contributed by atoms with Gasteiger partial charge >= 0.3 is 0 Å². The lowest BCUT2D eigenvalue weighted by Crippen LogP contribution is -2.33. The summed E-state index contributed by atoms with van der Waals surface area (Å²) >= 11 is 0. The maximum Gasteiger partial charge on any atom is 0.287 e. The number of furan rings is 1. The fourth-order valence-corrected chi connectivity index (χ4v) is 3.36. The molecule has 0 unspecified atom stereocenters. The van der Waals surface area contributed by atoms with Gasteiger partial charge in [0, 0.05) is 12.6 Å². The minimum absolute atomic E-state index is 0.0203. The Hall–Kier alpha value is -1.34. The summed E-state index contributed by atoms with van der Waals surface area (Å²) < 4.78 is 27.8. The van der Waals surface area contributed by atoms with Crippen LogP contribution in [0.4, 0.5) is 0 Å². The maximum atomic E-state index is 12.0. The van der Waals surface area contributed by atoms with Crippen molar-refractivity contribution in [3.63, 3.8) is 0 Å². The molecule has 1 aliphatic rings. The van der Waals surface area contributed by atoms with Crippen molar-refractivity contribution in [3.8, 4) is 0 Å². The van der Waals surface area contributed by atoms with Crippen molar-refractivity contribution in [1.29, 1.82) is 0 Å². The van der Waals surface area contributed by atoms with E-state index in [0.29, 0.717) is 6.54 Å². The summed E-state index contributed by atoms with van der Waals surface area (Å²) in [7, 11) is -3.86. The number of nitrogens with one attached hydrogen (secondary N) is 1. The topological polar surface area (TPSA) is 102 Å². The van der Waals surface area contributed by atoms with Crippen molar-refractivity contribution in [2.75, 3.05) is 6.54 Å². The van der Waals surface area contributed by atoms with Crippen molar-refractivity contribution in [3.05, 3.63) is 17.6 Å². The second kappa shape index (κ2) is 5.21. The van der Waals surface area contributed by atoms with Crippen molar-refractivity contribution in [2.45, 2.75) is 44.4 Å². The third kappa shape index (κ3) is 3.21. The third-order valence-corrected chi connectivity index (χ3v) is 4.91. The molecule has 0 radical (unpaired) electrons. The van der Waals surface area contributed by atoms with Gasteiger partial charge < -0.3 is 9.73 Å². The second-order valence-electron chi connectivity index (χ2n) is 5.78. The Morgan fingerprint density at radius 3 is 2.55 bits per heavy atom. The Balaban J connectivity index is 2.07. The molecule has 7 heteroatoms. The third-order valence-electron chi connectivity index (χ3n) is 3.89. The molecular formula is C13H20N2O4S. The van der Waals surface area contributed by atoms with Crippen LogP contribution in [0.1, 0.15) is 48.9 Å². The van der Waals surface area contributed by atoms with Crippen LogP contribution in [0.25, 0.3) is 0 Å². The first-order valence-electron chi connectivity index (χ1n) is 6.63. The van der Waals surface area contributed by atoms with Crippen LogP contribution in [0, 0.1) is 12.3 Å². The van der Waals surface area contributed by atoms with E-state index in [1.165, 1.54) is 25.8 Å². The highest BCUT2D eigenvalue weighted by Gasteiger charge is 2.29. The van der Waals surface area contributed by atoms with E-state index in [2.05, 4.69) is 12.2 Å². The van der Waals surface area contributed by atoms with Gasteiger partial charge in [0.2, 0.25) is 10.0 Å². The van der Waals surface area contributed by atoms with Gasteiger partial charge in [-0.1, -0.05) is 19.8 Å². The van der Waals surface area contributed by atoms with Crippen LogP contribution in [-0.4, -0.2) is 20.9 Å². The molecule has 20 heavy (non-hydrogen) atoms. The van der Waals surface area contributed by atoms with E-state index in [1.54, 1.807) is 0 Å². The normalized spacial score (nSPS) is 18.1. The van der Waals surface area contributed by atoms with Gasteiger partial charge in [0.05, 0.1) is 0 Å². The molecule has 1 aromatic heterocycles. The van der Waals surface area contributed by atoms with Gasteiger partial charge in [0.15, 0.2) is 5.76 Å². The highest BCUT2D eigenvalue weighted by Crippen LogP contribution is 2.36. The first-order valence-corrected chi connectivity index (χ1v) is 8.17. The number of hydrogen-bond acceptors (Lipinski definition) is 4. The molecule has 112 valence electrons. The number of aryl methyl sites for hydroxylation is 1. The Bertz CT molecular complexity index is 612. The summed E-state index contributed by atoms with van der Waals surface area (Å²) in [5, 5.41) is 7.85. The molecule has 1 aliphatic carbocycles. The van der Waals surface area contributed by atoms with Crippen molar-refractivity contribution in [2.24, 2.45) is 10.6 Å². The lowest BCUT2D eigenvalue weighted by molar-refractivity contribution is 0.0905. The number of carbonyl (C=O) groups is 1. The fraction of sp³-hybridized carbons (Fsp3) is 0.615. The smallest absolute Gasteiger partial charge is 0.287 e. The van der Waals surface area contributed by atoms with E-state index >= 15 is 0 Å². The Morgan fingerprint density at radius 2 is 2.05 bits per heavy atom. The van der Waals surface area contributed by atoms with Gasteiger partial charge in [-0.3, -0.25) is 4.79 Å². The molecule has 0 aromatic carbocycles. The van der Waals surface area contributed by atoms with Crippen molar-refractivity contribution in [1.82, 2.24) is 5.32 Å². The van der Waals surface area contributed by atoms with Crippen LogP contribution in [0.5, 0.6) is 0 Å². The van der Waals surface area contributed by atoms with Gasteiger partial charge in [-0.05, 0) is 25.2 Å². The van der Waals surface area contributed by atoms with Crippen LogP contribution in [0.2, 0.25) is 0 Å². The average Bonchev–Trinajstić information content (AvgIpc) is 2.92. The Kier molecular flexibility index (Phi) is 3.93. The molecule has 0 aliphatic heterocycles. The van der Waals surface area contributed by atoms with E-state index in [4.69, 9.17) is 9.56 Å². The summed E-state index contributed by atoms with van der Waals surface area (Å²) in [5.41, 5.74) is 0.125. The van der Waals surface area contributed by atoms with Gasteiger partial charge in [-0.15, -0.1) is 0 Å². The minimum Gasteiger partial charge on any atom is -0.455 e. The monoisotopic (exact) mass is 300 g/mol. The molecule has 0 bridgehead atoms. The number of carbonyl (C=O) groups excluding carboxylic acids is 1. The average molecular weight is 300 g/mol. The Morgan fingerprint density at radius 1 is 1.45 bits per heavy atom. The highest BCUT2D eigenvalue weighted by molar-refractivity contribution is 7.89. The molecule has 1 amide bonds. The van der Waals surface area contributed by atoms with Gasteiger partial charge in [0.25, 0.3) is 5.91 Å². The molecular weight excluding hydrogens is 280 g/mol. The second-order valence-corrected chi connectivity index (χ2v) is 7.31. The van der Waals surface area contributed by atoms with Gasteiger partial charge in [-0.25, -0.2) is 13.6 Å². The summed E-state index contributed by atoms with van der Waals surface area (Å²) in [4.78, 5) is 11.9. The van der Waals surface area contributed by atoms with Crippen LogP contribution >= 0.6 is 0 Å². The molecule has 3 N–H and O–H groups in total. The van der Waals surface area contributed by atoms with E-state index in [9.17, 15) is 13.2 Å². The van der Waals surface area contributed by atoms with Crippen LogP contribution in [0.3, 0.4) is 0 Å². The zero-order valence-corrected chi connectivity index (χ0v) is 12.5. The largest absolute Gasteiger partial charge is 0.455 e. The SMILES string of the molecule is Cc1oc(C(=O)NCC2(C)CCCC2)cc1S(N)(=O)=O. The van der Waals surface area contributed by atoms with E-state index in [0.717, 1.165) is 12.8 Å². The van der Waals surface area contributed by atoms with Gasteiger partial charge in [-0.2, -0.15) is 0 Å². The first kappa shape index (κ1) is 15.1. The molecule has 1 aromatic rings. The number of rotatable bonds is 4. The van der Waals surface area contributed by atoms with Crippen LogP contribution in [-0.2, 0) is 10.0 Å². The molecule has 0 saturated heterocycles. The first-order chi connectivity index (χ1) is 9.21. The number of nitrogens with two attached hydrogens (primary N) is 1. The predicted octanol–water partition coefficient (Wildman–Crippen LogP) is 1.55. The molecule has 0 atom stereocenters. The maximum absolute atomic E-state index is 12.0. The molecule has 1 fully saturated rings. The van der Waals surface area contributed by atoms with E-state index in [-0.39, 0.29) is 21.8 Å². The van der Waals surface area contributed by atoms with Gasteiger partial charge in [0.1, 0.15) is 10.7 Å². The number of sulfonamides is 1. The minimum atomic E-state index is -3.86. The van der Waals surface area contributed by atoms with Crippen molar-refractivity contribution >= 4 is 15.9 Å². The summed E-state index contributed by atoms with van der Waals surface area (Å²) in [6.07, 6.45) is 4.55. The summed E-state index contributed by atoms with van der Waals surface area (Å²) in [6, 6.07) is 1.18. The number of amides is 1. The molecule has 0 spiro atoms.